The summed E-state index contributed by atoms with van der Waals surface area (Å²) in [5.74, 6) is 7.00. The molecule has 0 aliphatic heterocycles. The number of hydrogen-bond donors (Lipinski definition) is 0. The van der Waals surface area contributed by atoms with Crippen LogP contribution in [0.4, 0.5) is 0 Å². The first-order valence-corrected chi connectivity index (χ1v) is 7.88. The zero-order chi connectivity index (χ0) is 10.5. The van der Waals surface area contributed by atoms with E-state index < -0.39 is 0 Å². The molecule has 0 amide bonds. The quantitative estimate of drug-likeness (QED) is 0.633. The molecule has 0 aromatic carbocycles. The van der Waals surface area contributed by atoms with Crippen LogP contribution in [0, 0.1) is 35.5 Å². The van der Waals surface area contributed by atoms with Crippen LogP contribution in [0.3, 0.4) is 0 Å². The molecule has 0 saturated heterocycles. The van der Waals surface area contributed by atoms with E-state index in [0.717, 1.165) is 11.8 Å². The van der Waals surface area contributed by atoms with Crippen molar-refractivity contribution in [1.29, 1.82) is 0 Å². The Morgan fingerprint density at radius 1 is 0.688 bits per heavy atom. The van der Waals surface area contributed by atoms with Gasteiger partial charge in [0, 0.05) is 0 Å². The fraction of sp³-hybridized carbons (Fsp3) is 1.00. The molecule has 0 spiro atoms. The maximum atomic E-state index is 1.63. The van der Waals surface area contributed by atoms with Crippen LogP contribution in [0.2, 0.25) is 0 Å². The highest BCUT2D eigenvalue weighted by atomic mass is 14.5. The molecular formula is C16H26. The van der Waals surface area contributed by atoms with E-state index in [9.17, 15) is 0 Å². The standard InChI is InChI=1S/C16H26/c1-2-13-8-12(9-14(13)3-1)10-16-7-11-4-5-15(16)6-11/h11-16H,1-10H2. The van der Waals surface area contributed by atoms with Crippen molar-refractivity contribution in [3.8, 4) is 0 Å². The van der Waals surface area contributed by atoms with E-state index in [0.29, 0.717) is 0 Å². The van der Waals surface area contributed by atoms with Crippen molar-refractivity contribution in [3.63, 3.8) is 0 Å². The van der Waals surface area contributed by atoms with E-state index in [4.69, 9.17) is 0 Å². The van der Waals surface area contributed by atoms with E-state index in [2.05, 4.69) is 0 Å². The van der Waals surface area contributed by atoms with E-state index in [1.165, 1.54) is 23.7 Å². The molecule has 0 heterocycles. The summed E-state index contributed by atoms with van der Waals surface area (Å²) in [4.78, 5) is 0. The number of fused-ring (bicyclic) bond motifs is 3. The Balaban J connectivity index is 1.35. The topological polar surface area (TPSA) is 0 Å². The molecule has 4 rings (SSSR count). The lowest BCUT2D eigenvalue weighted by Gasteiger charge is -2.24. The minimum absolute atomic E-state index is 1.15. The van der Waals surface area contributed by atoms with E-state index in [1.54, 1.807) is 64.2 Å². The maximum Gasteiger partial charge on any atom is -0.0380 e. The van der Waals surface area contributed by atoms with Crippen molar-refractivity contribution in [3.05, 3.63) is 0 Å². The average molecular weight is 218 g/mol. The molecule has 4 saturated carbocycles. The van der Waals surface area contributed by atoms with Gasteiger partial charge in [-0.25, -0.2) is 0 Å². The predicted octanol–water partition coefficient (Wildman–Crippen LogP) is 4.64. The third kappa shape index (κ3) is 1.56. The molecular weight excluding hydrogens is 192 g/mol. The van der Waals surface area contributed by atoms with Gasteiger partial charge in [-0.3, -0.25) is 0 Å². The van der Waals surface area contributed by atoms with Crippen LogP contribution >= 0.6 is 0 Å². The van der Waals surface area contributed by atoms with E-state index in [1.807, 2.05) is 0 Å². The van der Waals surface area contributed by atoms with Crippen LogP contribution in [0.1, 0.15) is 64.2 Å². The normalized spacial score (nSPS) is 54.8. The largest absolute Gasteiger partial charge is 0.0528 e. The summed E-state index contributed by atoms with van der Waals surface area (Å²) in [5.41, 5.74) is 0. The van der Waals surface area contributed by atoms with Crippen LogP contribution in [0.25, 0.3) is 0 Å². The van der Waals surface area contributed by atoms with Gasteiger partial charge in [0.25, 0.3) is 0 Å². The predicted molar refractivity (Wildman–Crippen MR) is 67.1 cm³/mol. The molecule has 0 N–H and O–H groups in total. The highest BCUT2D eigenvalue weighted by Gasteiger charge is 2.43. The van der Waals surface area contributed by atoms with Gasteiger partial charge in [-0.2, -0.15) is 0 Å². The first-order valence-electron chi connectivity index (χ1n) is 7.88. The summed E-state index contributed by atoms with van der Waals surface area (Å²) < 4.78 is 0. The minimum atomic E-state index is 1.15. The third-order valence-corrected chi connectivity index (χ3v) is 6.61. The first kappa shape index (κ1) is 9.97. The van der Waals surface area contributed by atoms with Crippen molar-refractivity contribution in [2.45, 2.75) is 64.2 Å². The molecule has 4 fully saturated rings. The van der Waals surface area contributed by atoms with Gasteiger partial charge in [-0.1, -0.05) is 25.7 Å². The monoisotopic (exact) mass is 218 g/mol. The van der Waals surface area contributed by atoms with Crippen LogP contribution < -0.4 is 0 Å². The molecule has 0 aromatic heterocycles. The van der Waals surface area contributed by atoms with Gasteiger partial charge in [0.1, 0.15) is 0 Å². The molecule has 5 atom stereocenters. The Hall–Kier alpha value is 0. The molecule has 2 bridgehead atoms. The summed E-state index contributed by atoms with van der Waals surface area (Å²) in [5, 5.41) is 0. The van der Waals surface area contributed by atoms with E-state index in [-0.39, 0.29) is 0 Å². The van der Waals surface area contributed by atoms with Gasteiger partial charge in [-0.05, 0) is 74.0 Å². The van der Waals surface area contributed by atoms with Crippen molar-refractivity contribution in [2.24, 2.45) is 35.5 Å². The summed E-state index contributed by atoms with van der Waals surface area (Å²) in [6.45, 7) is 0. The Kier molecular flexibility index (Phi) is 2.34. The summed E-state index contributed by atoms with van der Waals surface area (Å²) in [6.07, 6.45) is 16.0. The summed E-state index contributed by atoms with van der Waals surface area (Å²) >= 11 is 0. The van der Waals surface area contributed by atoms with Crippen LogP contribution in [0.5, 0.6) is 0 Å². The molecule has 90 valence electrons. The van der Waals surface area contributed by atoms with Crippen molar-refractivity contribution in [2.75, 3.05) is 0 Å². The van der Waals surface area contributed by atoms with Gasteiger partial charge < -0.3 is 0 Å². The molecule has 5 unspecified atom stereocenters. The average Bonchev–Trinajstić information content (AvgIpc) is 2.93. The lowest BCUT2D eigenvalue weighted by Crippen LogP contribution is -2.14. The summed E-state index contributed by atoms with van der Waals surface area (Å²) in [6, 6.07) is 0. The van der Waals surface area contributed by atoms with Crippen LogP contribution in [-0.2, 0) is 0 Å². The Bertz CT molecular complexity index is 257. The van der Waals surface area contributed by atoms with Crippen LogP contribution in [0.15, 0.2) is 0 Å². The van der Waals surface area contributed by atoms with Crippen molar-refractivity contribution >= 4 is 0 Å². The van der Waals surface area contributed by atoms with Gasteiger partial charge in [-0.15, -0.1) is 0 Å². The van der Waals surface area contributed by atoms with Gasteiger partial charge in [0.15, 0.2) is 0 Å². The Morgan fingerprint density at radius 3 is 2.12 bits per heavy atom. The molecule has 0 aromatic rings. The Labute approximate surface area is 100 Å². The molecule has 4 aliphatic rings. The second-order valence-corrected chi connectivity index (χ2v) is 7.46. The molecule has 4 aliphatic carbocycles. The van der Waals surface area contributed by atoms with Crippen LogP contribution in [-0.4, -0.2) is 0 Å². The first-order chi connectivity index (χ1) is 7.88. The van der Waals surface area contributed by atoms with Crippen molar-refractivity contribution in [1.82, 2.24) is 0 Å². The summed E-state index contributed by atoms with van der Waals surface area (Å²) in [7, 11) is 0. The second kappa shape index (κ2) is 3.75. The lowest BCUT2D eigenvalue weighted by molar-refractivity contribution is 0.262. The third-order valence-electron chi connectivity index (χ3n) is 6.61. The fourth-order valence-corrected chi connectivity index (χ4v) is 5.97. The van der Waals surface area contributed by atoms with Gasteiger partial charge in [0.05, 0.1) is 0 Å². The zero-order valence-electron chi connectivity index (χ0n) is 10.5. The number of rotatable bonds is 2. The molecule has 16 heavy (non-hydrogen) atoms. The maximum absolute atomic E-state index is 1.63. The van der Waals surface area contributed by atoms with E-state index >= 15 is 0 Å². The number of hydrogen-bond acceptors (Lipinski definition) is 0. The second-order valence-electron chi connectivity index (χ2n) is 7.46. The Morgan fingerprint density at radius 2 is 1.50 bits per heavy atom. The smallest absolute Gasteiger partial charge is 0.0380 e. The lowest BCUT2D eigenvalue weighted by atomic mass is 9.81. The van der Waals surface area contributed by atoms with Crippen molar-refractivity contribution < 1.29 is 0 Å². The minimum Gasteiger partial charge on any atom is -0.0528 e. The molecule has 0 radical (unpaired) electrons. The van der Waals surface area contributed by atoms with Gasteiger partial charge in [0.2, 0.25) is 0 Å². The molecule has 0 heteroatoms. The highest BCUT2D eigenvalue weighted by molar-refractivity contribution is 4.94. The van der Waals surface area contributed by atoms with Gasteiger partial charge >= 0.3 is 0 Å². The highest BCUT2D eigenvalue weighted by Crippen LogP contribution is 2.54. The fourth-order valence-electron chi connectivity index (χ4n) is 5.97. The zero-order valence-corrected chi connectivity index (χ0v) is 10.5. The molecule has 0 nitrogen and oxygen atoms in total. The SMILES string of the molecule is C1CC2CC(CC3CC4CCC3C4)CC2C1.